The Labute approximate surface area is 156 Å². The number of halogens is 5. The average Bonchev–Trinajstić information content (AvgIpc) is 3.18. The highest BCUT2D eigenvalue weighted by molar-refractivity contribution is 6.32. The molecule has 3 amide bonds. The van der Waals surface area contributed by atoms with Gasteiger partial charge in [0.1, 0.15) is 6.04 Å². The molecule has 5 nitrogen and oxygen atoms in total. The summed E-state index contributed by atoms with van der Waals surface area (Å²) in [7, 11) is 0. The van der Waals surface area contributed by atoms with E-state index in [1.807, 2.05) is 0 Å². The van der Waals surface area contributed by atoms with Crippen LogP contribution in [0.2, 0.25) is 0 Å². The van der Waals surface area contributed by atoms with E-state index in [0.717, 1.165) is 11.0 Å². The zero-order valence-electron chi connectivity index (χ0n) is 12.9. The summed E-state index contributed by atoms with van der Waals surface area (Å²) in [4.78, 5) is 30.4. The molecule has 3 fully saturated rings. The Bertz CT molecular complexity index is 837. The van der Waals surface area contributed by atoms with Crippen molar-refractivity contribution in [2.24, 2.45) is 5.92 Å². The molecule has 2 saturated heterocycles. The minimum atomic E-state index is -4.78. The minimum Gasteiger partial charge on any atom is -0.307 e. The maximum Gasteiger partial charge on any atom is 0.407 e. The summed E-state index contributed by atoms with van der Waals surface area (Å²) in [6.07, 6.45) is -4.28. The molecule has 2 bridgehead atoms. The van der Waals surface area contributed by atoms with Crippen LogP contribution in [0.15, 0.2) is 18.2 Å². The van der Waals surface area contributed by atoms with Crippen molar-refractivity contribution in [3.05, 3.63) is 35.2 Å². The first kappa shape index (κ1) is 17.4. The molecule has 0 N–H and O–H groups in total. The second-order valence-corrected chi connectivity index (χ2v) is 7.48. The monoisotopic (exact) mass is 403 g/mol. The van der Waals surface area contributed by atoms with Crippen molar-refractivity contribution in [1.82, 2.24) is 4.90 Å². The first-order valence-corrected chi connectivity index (χ1v) is 8.57. The summed E-state index contributed by atoms with van der Waals surface area (Å²) in [5, 5.41) is -0.986. The number of imide groups is 1. The van der Waals surface area contributed by atoms with Crippen LogP contribution in [0.3, 0.4) is 0 Å². The van der Waals surface area contributed by atoms with E-state index < -0.39 is 52.2 Å². The van der Waals surface area contributed by atoms with Crippen molar-refractivity contribution in [2.45, 2.75) is 35.4 Å². The predicted octanol–water partition coefficient (Wildman–Crippen LogP) is 4.01. The van der Waals surface area contributed by atoms with E-state index >= 15 is 0 Å². The van der Waals surface area contributed by atoms with Crippen molar-refractivity contribution in [2.75, 3.05) is 4.90 Å². The van der Waals surface area contributed by atoms with Crippen LogP contribution < -0.4 is 4.90 Å². The maximum atomic E-state index is 13.2. The van der Waals surface area contributed by atoms with E-state index in [4.69, 9.17) is 29.8 Å². The van der Waals surface area contributed by atoms with Gasteiger partial charge in [-0.1, -0.05) is 6.07 Å². The summed E-state index contributed by atoms with van der Waals surface area (Å²) in [6.45, 7) is 6.87. The fourth-order valence-corrected chi connectivity index (χ4v) is 4.92. The van der Waals surface area contributed by atoms with Crippen LogP contribution >= 0.6 is 23.2 Å². The quantitative estimate of drug-likeness (QED) is 0.404. The number of alkyl halides is 5. The van der Waals surface area contributed by atoms with E-state index in [1.54, 1.807) is 0 Å². The summed E-state index contributed by atoms with van der Waals surface area (Å²) in [5.74, 6) is -0.935. The van der Waals surface area contributed by atoms with Crippen LogP contribution in [0, 0.1) is 12.5 Å². The lowest BCUT2D eigenvalue weighted by Crippen LogP contribution is -2.50. The van der Waals surface area contributed by atoms with Gasteiger partial charge in [0.25, 0.3) is 5.91 Å². The number of amides is 3. The molecule has 10 heteroatoms. The minimum absolute atomic E-state index is 0.217. The Morgan fingerprint density at radius 1 is 1.19 bits per heavy atom. The molecule has 0 radical (unpaired) electrons. The molecule has 1 saturated carbocycles. The molecule has 5 atom stereocenters. The van der Waals surface area contributed by atoms with Crippen LogP contribution in [0.5, 0.6) is 0 Å². The number of hydrogen-bond donors (Lipinski definition) is 0. The maximum absolute atomic E-state index is 13.2. The van der Waals surface area contributed by atoms with Crippen LogP contribution in [-0.2, 0) is 11.0 Å². The molecular weight excluding hydrogens is 394 g/mol. The van der Waals surface area contributed by atoms with E-state index in [-0.39, 0.29) is 11.6 Å². The molecular formula is C16H10Cl2F3N3O2. The molecule has 4 rings (SSSR count). The number of benzene rings is 1. The highest BCUT2D eigenvalue weighted by Gasteiger charge is 2.65. The number of anilines is 1. The van der Waals surface area contributed by atoms with Gasteiger partial charge in [-0.25, -0.2) is 14.5 Å². The van der Waals surface area contributed by atoms with Gasteiger partial charge >= 0.3 is 12.2 Å². The van der Waals surface area contributed by atoms with Gasteiger partial charge in [0, 0.05) is 5.92 Å². The Morgan fingerprint density at radius 2 is 1.88 bits per heavy atom. The van der Waals surface area contributed by atoms with Gasteiger partial charge < -0.3 is 4.90 Å². The first-order chi connectivity index (χ1) is 12.2. The van der Waals surface area contributed by atoms with Gasteiger partial charge in [0.15, 0.2) is 5.69 Å². The summed E-state index contributed by atoms with van der Waals surface area (Å²) >= 11 is 12.5. The first-order valence-electron chi connectivity index (χ1n) is 7.70. The van der Waals surface area contributed by atoms with Crippen LogP contribution in [0.4, 0.5) is 29.3 Å². The van der Waals surface area contributed by atoms with Crippen molar-refractivity contribution < 1.29 is 22.8 Å². The lowest BCUT2D eigenvalue weighted by molar-refractivity contribution is -0.136. The highest BCUT2D eigenvalue weighted by Crippen LogP contribution is 2.51. The number of rotatable bonds is 1. The molecule has 26 heavy (non-hydrogen) atoms. The highest BCUT2D eigenvalue weighted by atomic mass is 35.5. The third kappa shape index (κ3) is 2.17. The molecule has 0 spiro atoms. The van der Waals surface area contributed by atoms with Crippen LogP contribution in [0.1, 0.15) is 12.0 Å². The Hall–Kier alpha value is -1.98. The fourth-order valence-electron chi connectivity index (χ4n) is 4.10. The number of fused-ring (bicyclic) bond motifs is 5. The Kier molecular flexibility index (Phi) is 3.69. The fraction of sp³-hybridized carbons (Fsp3) is 0.438. The van der Waals surface area contributed by atoms with Gasteiger partial charge in [0.05, 0.1) is 34.6 Å². The molecule has 2 heterocycles. The lowest BCUT2D eigenvalue weighted by Gasteiger charge is -2.32. The number of piperidine rings is 1. The standard InChI is InChI=1S/C16H10Cl2F3N3O2/c1-22-9-3-2-6(4-8(9)16(19,20)21)23-14(25)13-7-5-10(12(18)11(7)17)24(13)15(23)26/h2-4,7,10-13H,5H2/t7?,10?,11-,12-,13-/m1/s1. The number of hydrogen-bond acceptors (Lipinski definition) is 2. The Morgan fingerprint density at radius 3 is 2.50 bits per heavy atom. The summed E-state index contributed by atoms with van der Waals surface area (Å²) < 4.78 is 39.6. The van der Waals surface area contributed by atoms with Crippen LogP contribution in [-0.4, -0.2) is 39.7 Å². The van der Waals surface area contributed by atoms with E-state index in [2.05, 4.69) is 4.85 Å². The van der Waals surface area contributed by atoms with Gasteiger partial charge in [-0.05, 0) is 18.6 Å². The lowest BCUT2D eigenvalue weighted by atomic mass is 9.98. The molecule has 1 aromatic carbocycles. The third-order valence-corrected chi connectivity index (χ3v) is 6.49. The molecule has 1 aliphatic carbocycles. The van der Waals surface area contributed by atoms with Gasteiger partial charge in [0.2, 0.25) is 0 Å². The zero-order chi connectivity index (χ0) is 19.0. The average molecular weight is 404 g/mol. The van der Waals surface area contributed by atoms with E-state index in [1.165, 1.54) is 11.0 Å². The topological polar surface area (TPSA) is 45.0 Å². The van der Waals surface area contributed by atoms with Crippen LogP contribution in [0.25, 0.3) is 4.85 Å². The van der Waals surface area contributed by atoms with Gasteiger partial charge in [-0.2, -0.15) is 13.2 Å². The number of urea groups is 1. The number of carbonyl (C=O) groups is 2. The van der Waals surface area contributed by atoms with Crippen molar-refractivity contribution >= 4 is 46.5 Å². The largest absolute Gasteiger partial charge is 0.407 e. The summed E-state index contributed by atoms with van der Waals surface area (Å²) in [5.41, 5.74) is -2.00. The number of nitrogens with zero attached hydrogens (tertiary/aromatic N) is 3. The second kappa shape index (κ2) is 5.51. The molecule has 136 valence electrons. The predicted molar refractivity (Wildman–Crippen MR) is 87.4 cm³/mol. The Balaban J connectivity index is 1.76. The zero-order valence-corrected chi connectivity index (χ0v) is 14.4. The van der Waals surface area contributed by atoms with Crippen molar-refractivity contribution in [3.63, 3.8) is 0 Å². The molecule has 2 unspecified atom stereocenters. The molecule has 0 aromatic heterocycles. The number of carbonyl (C=O) groups excluding carboxylic acids is 2. The SMILES string of the molecule is [C-]#[N+]c1ccc(N2C(=O)[C@H]3C4CC([C@@H](Cl)[C@@H]4Cl)N3C2=O)cc1C(F)(F)F. The van der Waals surface area contributed by atoms with E-state index in [0.29, 0.717) is 12.5 Å². The van der Waals surface area contributed by atoms with Crippen molar-refractivity contribution in [1.29, 1.82) is 0 Å². The van der Waals surface area contributed by atoms with E-state index in [9.17, 15) is 22.8 Å². The van der Waals surface area contributed by atoms with Gasteiger partial charge in [-0.3, -0.25) is 4.79 Å². The smallest absolute Gasteiger partial charge is 0.307 e. The molecule has 2 aliphatic heterocycles. The van der Waals surface area contributed by atoms with Crippen molar-refractivity contribution in [3.8, 4) is 0 Å². The molecule has 1 aromatic rings. The molecule has 3 aliphatic rings. The summed E-state index contributed by atoms with van der Waals surface area (Å²) in [6, 6.07) is 0.853. The second-order valence-electron chi connectivity index (χ2n) is 6.48. The third-order valence-electron chi connectivity index (χ3n) is 5.21. The normalized spacial score (nSPS) is 33.0. The van der Waals surface area contributed by atoms with Gasteiger partial charge in [-0.15, -0.1) is 23.2 Å².